The fraction of sp³-hybridized carbons (Fsp3) is 0.517. The van der Waals surface area contributed by atoms with Crippen molar-refractivity contribution in [3.63, 3.8) is 0 Å². The molecule has 0 amide bonds. The molecule has 4 heterocycles. The fourth-order valence-corrected chi connectivity index (χ4v) is 15.6. The van der Waals surface area contributed by atoms with E-state index < -0.39 is 0 Å². The van der Waals surface area contributed by atoms with Gasteiger partial charge in [-0.3, -0.25) is 9.97 Å². The van der Waals surface area contributed by atoms with E-state index in [1.807, 2.05) is 0 Å². The van der Waals surface area contributed by atoms with E-state index in [4.69, 9.17) is 9.97 Å². The molecule has 3 heteroatoms. The number of aromatic nitrogens is 3. The first kappa shape index (κ1) is 37.3. The summed E-state index contributed by atoms with van der Waals surface area (Å²) in [6, 6.07) is 21.9. The molecule has 0 unspecified atom stereocenters. The van der Waals surface area contributed by atoms with Gasteiger partial charge in [-0.2, -0.15) is 0 Å². The first-order valence-electron chi connectivity index (χ1n) is 25.2. The van der Waals surface area contributed by atoms with Crippen LogP contribution < -0.4 is 0 Å². The predicted octanol–water partition coefficient (Wildman–Crippen LogP) is 15.9. The molecule has 3 fully saturated rings. The second-order valence-electron chi connectivity index (χ2n) is 22.0. The highest BCUT2D eigenvalue weighted by molar-refractivity contribution is 6.26. The number of benzene rings is 3. The van der Waals surface area contributed by atoms with E-state index in [0.29, 0.717) is 0 Å². The maximum Gasteiger partial charge on any atom is 0.0728 e. The molecule has 3 nitrogen and oxygen atoms in total. The van der Waals surface area contributed by atoms with Gasteiger partial charge >= 0.3 is 0 Å². The minimum absolute atomic E-state index is 0.0368. The molecular weight excluding hydrogens is 739 g/mol. The molecule has 0 atom stereocenters. The van der Waals surface area contributed by atoms with Crippen LogP contribution in [0.4, 0.5) is 0 Å². The summed E-state index contributed by atoms with van der Waals surface area (Å²) in [6.45, 7) is 4.88. The summed E-state index contributed by atoms with van der Waals surface area (Å²) in [5.74, 6) is 0. The van der Waals surface area contributed by atoms with E-state index in [1.54, 1.807) is 16.5 Å². The summed E-state index contributed by atoms with van der Waals surface area (Å²) < 4.78 is 2.71. The Balaban J connectivity index is 1.18. The molecule has 312 valence electrons. The standard InChI is InChI=1S/C58H65N3/c1-55(2)44-23-11-10-20-40(44)48-39(22-19-24-45(48)55)38-34-42-49-41-21-9-4-3-5-12-27-57(28-15-7-16-29-57)53(41)59-36-46(49)61-47-37-60-54-51(50(47)43(35-38)52(42)61)56(25-13-6-14-26-56)32-33-58(54)30-17-8-18-31-58/h10-11,19-20,22-24,34-37H,3-9,12-18,21,25-33H2,1-2H3. The summed E-state index contributed by atoms with van der Waals surface area (Å²) in [5, 5.41) is 6.02. The fourth-order valence-electron chi connectivity index (χ4n) is 15.6. The second-order valence-corrected chi connectivity index (χ2v) is 22.0. The highest BCUT2D eigenvalue weighted by Crippen LogP contribution is 2.60. The monoisotopic (exact) mass is 804 g/mol. The van der Waals surface area contributed by atoms with Gasteiger partial charge in [-0.15, -0.1) is 0 Å². The van der Waals surface area contributed by atoms with Crippen LogP contribution in [-0.2, 0) is 28.1 Å². The lowest BCUT2D eigenvalue weighted by Gasteiger charge is -2.50. The second kappa shape index (κ2) is 13.6. The van der Waals surface area contributed by atoms with Crippen LogP contribution in [0.25, 0.3) is 60.3 Å². The van der Waals surface area contributed by atoms with Crippen molar-refractivity contribution in [2.24, 2.45) is 0 Å². The van der Waals surface area contributed by atoms with Crippen molar-refractivity contribution in [2.75, 3.05) is 0 Å². The maximum atomic E-state index is 5.81. The lowest BCUT2D eigenvalue weighted by molar-refractivity contribution is 0.172. The van der Waals surface area contributed by atoms with Gasteiger partial charge in [0.2, 0.25) is 0 Å². The van der Waals surface area contributed by atoms with Crippen LogP contribution >= 0.6 is 0 Å². The quantitative estimate of drug-likeness (QED) is 0.165. The van der Waals surface area contributed by atoms with Crippen LogP contribution in [0.1, 0.15) is 195 Å². The molecule has 0 N–H and O–H groups in total. The van der Waals surface area contributed by atoms with Crippen LogP contribution in [0.3, 0.4) is 0 Å². The molecule has 7 aromatic rings. The van der Waals surface area contributed by atoms with Gasteiger partial charge in [-0.1, -0.05) is 140 Å². The Labute approximate surface area is 363 Å². The highest BCUT2D eigenvalue weighted by Gasteiger charge is 2.50. The Morgan fingerprint density at radius 2 is 1.02 bits per heavy atom. The van der Waals surface area contributed by atoms with Crippen LogP contribution in [0.2, 0.25) is 0 Å². The minimum atomic E-state index is -0.0368. The third kappa shape index (κ3) is 5.16. The molecule has 13 rings (SSSR count). The molecule has 61 heavy (non-hydrogen) atoms. The van der Waals surface area contributed by atoms with Crippen molar-refractivity contribution < 1.29 is 0 Å². The van der Waals surface area contributed by atoms with Gasteiger partial charge in [0, 0.05) is 37.8 Å². The number of nitrogens with zero attached hydrogens (tertiary/aromatic N) is 3. The zero-order chi connectivity index (χ0) is 40.6. The van der Waals surface area contributed by atoms with Crippen LogP contribution in [0, 0.1) is 0 Å². The molecule has 0 radical (unpaired) electrons. The Bertz CT molecular complexity index is 2870. The smallest absolute Gasteiger partial charge is 0.0728 e. The predicted molar refractivity (Wildman–Crippen MR) is 255 cm³/mol. The lowest BCUT2D eigenvalue weighted by Crippen LogP contribution is -2.43. The van der Waals surface area contributed by atoms with E-state index >= 15 is 0 Å². The molecular formula is C58H65N3. The van der Waals surface area contributed by atoms with E-state index in [1.165, 1.54) is 225 Å². The topological polar surface area (TPSA) is 30.2 Å². The third-order valence-electron chi connectivity index (χ3n) is 18.6. The summed E-state index contributed by atoms with van der Waals surface area (Å²) in [6.07, 6.45) is 36.7. The summed E-state index contributed by atoms with van der Waals surface area (Å²) in [4.78, 5) is 11.6. The van der Waals surface area contributed by atoms with Crippen LogP contribution in [0.5, 0.6) is 0 Å². The van der Waals surface area contributed by atoms with Crippen molar-refractivity contribution in [2.45, 2.75) is 190 Å². The molecule has 0 saturated heterocycles. The first-order chi connectivity index (χ1) is 29.9. The Morgan fingerprint density at radius 3 is 1.74 bits per heavy atom. The van der Waals surface area contributed by atoms with Gasteiger partial charge in [-0.05, 0) is 133 Å². The van der Waals surface area contributed by atoms with Gasteiger partial charge < -0.3 is 4.40 Å². The minimum Gasteiger partial charge on any atom is -0.305 e. The maximum absolute atomic E-state index is 5.81. The van der Waals surface area contributed by atoms with Crippen molar-refractivity contribution >= 4 is 38.1 Å². The van der Waals surface area contributed by atoms with Gasteiger partial charge in [-0.25, -0.2) is 0 Å². The first-order valence-corrected chi connectivity index (χ1v) is 25.2. The molecule has 3 saturated carbocycles. The zero-order valence-corrected chi connectivity index (χ0v) is 37.2. The molecule has 3 aromatic carbocycles. The Kier molecular flexibility index (Phi) is 8.34. The highest BCUT2D eigenvalue weighted by atomic mass is 15.0. The van der Waals surface area contributed by atoms with Crippen molar-refractivity contribution in [3.8, 4) is 22.3 Å². The van der Waals surface area contributed by atoms with Gasteiger partial charge in [0.05, 0.1) is 40.3 Å². The number of rotatable bonds is 1. The Morgan fingerprint density at radius 1 is 0.492 bits per heavy atom. The molecule has 6 aliphatic carbocycles. The van der Waals surface area contributed by atoms with E-state index in [9.17, 15) is 0 Å². The van der Waals surface area contributed by atoms with E-state index in [-0.39, 0.29) is 21.7 Å². The van der Waals surface area contributed by atoms with E-state index in [2.05, 4.69) is 85.2 Å². The molecule has 6 aliphatic rings. The normalized spacial score (nSPS) is 22.9. The summed E-state index contributed by atoms with van der Waals surface area (Å²) >= 11 is 0. The van der Waals surface area contributed by atoms with Crippen LogP contribution in [-0.4, -0.2) is 14.4 Å². The Hall–Kier alpha value is -4.24. The van der Waals surface area contributed by atoms with Gasteiger partial charge in [0.1, 0.15) is 0 Å². The van der Waals surface area contributed by atoms with Gasteiger partial charge in [0.15, 0.2) is 0 Å². The number of hydrogen-bond acceptors (Lipinski definition) is 2. The molecule has 4 aromatic heterocycles. The average Bonchev–Trinajstić information content (AvgIpc) is 3.90. The SMILES string of the molecule is CC1(C)c2ccccc2-c2c(-c3cc4c5c6c(ncc5n5c7cnc8c(c7c(c3)c45)C3(CCCCC3)CCC83CCCCC3)C3(CCCCCCC6)CCCCC3)cccc21. The van der Waals surface area contributed by atoms with Crippen molar-refractivity contribution in [1.29, 1.82) is 0 Å². The molecule has 0 bridgehead atoms. The molecule has 3 spiro atoms. The van der Waals surface area contributed by atoms with Gasteiger partial charge in [0.25, 0.3) is 0 Å². The number of aryl methyl sites for hydroxylation is 1. The number of pyridine rings is 2. The largest absolute Gasteiger partial charge is 0.305 e. The third-order valence-corrected chi connectivity index (χ3v) is 18.6. The molecule has 0 aliphatic heterocycles. The van der Waals surface area contributed by atoms with Crippen molar-refractivity contribution in [1.82, 2.24) is 14.4 Å². The summed E-state index contributed by atoms with van der Waals surface area (Å²) in [7, 11) is 0. The van der Waals surface area contributed by atoms with Crippen molar-refractivity contribution in [3.05, 3.63) is 101 Å². The number of hydrogen-bond donors (Lipinski definition) is 0. The van der Waals surface area contributed by atoms with Crippen LogP contribution in [0.15, 0.2) is 67.0 Å². The zero-order valence-electron chi connectivity index (χ0n) is 37.2. The lowest BCUT2D eigenvalue weighted by atomic mass is 9.54. The number of fused-ring (bicyclic) bond motifs is 16. The average molecular weight is 804 g/mol. The van der Waals surface area contributed by atoms with E-state index in [0.717, 1.165) is 6.42 Å². The summed E-state index contributed by atoms with van der Waals surface area (Å²) in [5.41, 5.74) is 19.6.